The average Bonchev–Trinajstić information content (AvgIpc) is 2.98. The van der Waals surface area contributed by atoms with Gasteiger partial charge in [0.15, 0.2) is 0 Å². The van der Waals surface area contributed by atoms with Gasteiger partial charge in [-0.1, -0.05) is 66.7 Å². The summed E-state index contributed by atoms with van der Waals surface area (Å²) in [7, 11) is 0. The largest absolute Gasteiger partial charge is 0.493 e. The molecule has 4 rings (SSSR count). The summed E-state index contributed by atoms with van der Waals surface area (Å²) >= 11 is 0. The third-order valence-corrected chi connectivity index (χ3v) is 7.08. The van der Waals surface area contributed by atoms with Crippen molar-refractivity contribution in [2.45, 2.75) is 38.8 Å². The third-order valence-electron chi connectivity index (χ3n) is 7.08. The smallest absolute Gasteiger partial charge is 0.323 e. The monoisotopic (exact) mass is 535 g/mol. The maximum Gasteiger partial charge on any atom is 0.323 e. The van der Waals surface area contributed by atoms with Gasteiger partial charge >= 0.3 is 5.97 Å². The number of benzene rings is 3. The number of ether oxygens (including phenoxy) is 2. The number of hydrogen-bond acceptors (Lipinski definition) is 6. The van der Waals surface area contributed by atoms with Gasteiger partial charge in [0.1, 0.15) is 17.9 Å². The number of carboxylic acids is 1. The van der Waals surface area contributed by atoms with Gasteiger partial charge in [-0.15, -0.1) is 0 Å². The fourth-order valence-corrected chi connectivity index (χ4v) is 4.90. The van der Waals surface area contributed by atoms with E-state index in [0.29, 0.717) is 44.0 Å². The molecule has 0 radical (unpaired) electrons. The molecule has 0 amide bonds. The van der Waals surface area contributed by atoms with Gasteiger partial charge in [-0.25, -0.2) is 0 Å². The molecule has 204 valence electrons. The molecule has 3 aromatic rings. The predicted octanol–water partition coefficient (Wildman–Crippen LogP) is 6.06. The molecule has 1 unspecified atom stereocenters. The van der Waals surface area contributed by atoms with E-state index < -0.39 is 12.0 Å². The van der Waals surface area contributed by atoms with Crippen LogP contribution >= 0.6 is 0 Å². The molecule has 1 N–H and O–H groups in total. The summed E-state index contributed by atoms with van der Waals surface area (Å²) in [6.07, 6.45) is 5.92. The van der Waals surface area contributed by atoms with Crippen molar-refractivity contribution in [1.29, 1.82) is 10.5 Å². The van der Waals surface area contributed by atoms with Crippen LogP contribution in [0.25, 0.3) is 23.3 Å². The van der Waals surface area contributed by atoms with E-state index in [1.807, 2.05) is 84.6 Å². The zero-order valence-corrected chi connectivity index (χ0v) is 22.7. The van der Waals surface area contributed by atoms with Gasteiger partial charge < -0.3 is 14.6 Å². The van der Waals surface area contributed by atoms with Crippen molar-refractivity contribution < 1.29 is 19.4 Å². The second-order valence-corrected chi connectivity index (χ2v) is 9.72. The zero-order valence-electron chi connectivity index (χ0n) is 22.7. The van der Waals surface area contributed by atoms with Crippen LogP contribution in [0.3, 0.4) is 0 Å². The van der Waals surface area contributed by atoms with E-state index in [0.717, 1.165) is 46.2 Å². The SMILES string of the molecule is Cc1ccc(OCCCCC#N)c(CN2CCOCC2C(=O)O)c1C=Cc1cccc(-c2ccccc2)c1C#N. The minimum atomic E-state index is -0.917. The van der Waals surface area contributed by atoms with E-state index in [-0.39, 0.29) is 6.61 Å². The average molecular weight is 536 g/mol. The van der Waals surface area contributed by atoms with E-state index >= 15 is 0 Å². The van der Waals surface area contributed by atoms with E-state index in [4.69, 9.17) is 14.7 Å². The number of morpholine rings is 1. The number of nitrogens with zero attached hydrogens (tertiary/aromatic N) is 3. The van der Waals surface area contributed by atoms with Gasteiger partial charge in [-0.3, -0.25) is 9.69 Å². The number of carbonyl (C=O) groups is 1. The topological polar surface area (TPSA) is 107 Å². The van der Waals surface area contributed by atoms with Crippen molar-refractivity contribution >= 4 is 18.1 Å². The fraction of sp³-hybridized carbons (Fsp3) is 0.303. The van der Waals surface area contributed by atoms with Crippen molar-refractivity contribution in [2.75, 3.05) is 26.4 Å². The van der Waals surface area contributed by atoms with Crippen LogP contribution in [0.2, 0.25) is 0 Å². The van der Waals surface area contributed by atoms with Gasteiger partial charge in [0.25, 0.3) is 0 Å². The number of carboxylic acid groups (broad SMARTS) is 1. The molecule has 0 aliphatic carbocycles. The molecule has 0 aromatic heterocycles. The summed E-state index contributed by atoms with van der Waals surface area (Å²) in [6, 6.07) is 23.4. The Bertz CT molecular complexity index is 1440. The summed E-state index contributed by atoms with van der Waals surface area (Å²) in [6.45, 7) is 3.94. The van der Waals surface area contributed by atoms with Crippen molar-refractivity contribution in [1.82, 2.24) is 4.90 Å². The van der Waals surface area contributed by atoms with E-state index in [1.54, 1.807) is 0 Å². The van der Waals surface area contributed by atoms with Crippen LogP contribution in [-0.2, 0) is 16.1 Å². The van der Waals surface area contributed by atoms with Crippen molar-refractivity contribution in [2.24, 2.45) is 0 Å². The van der Waals surface area contributed by atoms with Crippen LogP contribution in [0.4, 0.5) is 0 Å². The summed E-state index contributed by atoms with van der Waals surface area (Å²) in [5.74, 6) is -0.226. The number of unbranched alkanes of at least 4 members (excludes halogenated alkanes) is 2. The summed E-state index contributed by atoms with van der Waals surface area (Å²) in [5, 5.41) is 28.7. The number of hydrogen-bond donors (Lipinski definition) is 1. The third kappa shape index (κ3) is 6.95. The summed E-state index contributed by atoms with van der Waals surface area (Å²) in [4.78, 5) is 13.9. The molecule has 1 aliphatic heterocycles. The fourth-order valence-electron chi connectivity index (χ4n) is 4.90. The number of aliphatic carboxylic acids is 1. The van der Waals surface area contributed by atoms with Crippen molar-refractivity contribution in [3.8, 4) is 29.0 Å². The number of rotatable bonds is 11. The minimum Gasteiger partial charge on any atom is -0.493 e. The summed E-state index contributed by atoms with van der Waals surface area (Å²) < 4.78 is 11.6. The van der Waals surface area contributed by atoms with Crippen LogP contribution in [0.15, 0.2) is 60.7 Å². The molecule has 3 aromatic carbocycles. The van der Waals surface area contributed by atoms with Crippen LogP contribution in [0.5, 0.6) is 5.75 Å². The first-order valence-corrected chi connectivity index (χ1v) is 13.5. The Labute approximate surface area is 235 Å². The molecule has 1 heterocycles. The Balaban J connectivity index is 1.72. The molecule has 7 nitrogen and oxygen atoms in total. The lowest BCUT2D eigenvalue weighted by Gasteiger charge is -2.33. The van der Waals surface area contributed by atoms with Gasteiger partial charge in [0, 0.05) is 30.6 Å². The molecule has 0 saturated carbocycles. The lowest BCUT2D eigenvalue weighted by molar-refractivity contribution is -0.150. The maximum absolute atomic E-state index is 12.0. The molecule has 1 fully saturated rings. The Kier molecular flexibility index (Phi) is 10.1. The molecule has 1 saturated heterocycles. The molecule has 1 atom stereocenters. The molecule has 7 heteroatoms. The quantitative estimate of drug-likeness (QED) is 0.235. The Morgan fingerprint density at radius 1 is 1.10 bits per heavy atom. The molecule has 0 bridgehead atoms. The van der Waals surface area contributed by atoms with Gasteiger partial charge in [0.2, 0.25) is 0 Å². The second kappa shape index (κ2) is 14.1. The van der Waals surface area contributed by atoms with Crippen LogP contribution in [0, 0.1) is 29.6 Å². The molecular formula is C33H33N3O4. The molecule has 0 spiro atoms. The minimum absolute atomic E-state index is 0.133. The van der Waals surface area contributed by atoms with Crippen LogP contribution in [-0.4, -0.2) is 48.4 Å². The van der Waals surface area contributed by atoms with E-state index in [2.05, 4.69) is 12.1 Å². The van der Waals surface area contributed by atoms with Crippen LogP contribution in [0.1, 0.15) is 47.1 Å². The first kappa shape index (κ1) is 28.6. The highest BCUT2D eigenvalue weighted by Crippen LogP contribution is 2.32. The highest BCUT2D eigenvalue weighted by molar-refractivity contribution is 5.81. The number of nitriles is 2. The highest BCUT2D eigenvalue weighted by atomic mass is 16.5. The molecule has 40 heavy (non-hydrogen) atoms. The highest BCUT2D eigenvalue weighted by Gasteiger charge is 2.30. The van der Waals surface area contributed by atoms with Gasteiger partial charge in [0.05, 0.1) is 31.5 Å². The zero-order chi connectivity index (χ0) is 28.3. The van der Waals surface area contributed by atoms with E-state index in [1.165, 1.54) is 0 Å². The first-order valence-electron chi connectivity index (χ1n) is 13.5. The lowest BCUT2D eigenvalue weighted by Crippen LogP contribution is -2.49. The van der Waals surface area contributed by atoms with E-state index in [9.17, 15) is 15.2 Å². The Hall–Kier alpha value is -4.43. The summed E-state index contributed by atoms with van der Waals surface area (Å²) in [5.41, 5.74) is 6.07. The predicted molar refractivity (Wildman–Crippen MR) is 154 cm³/mol. The second-order valence-electron chi connectivity index (χ2n) is 9.72. The lowest BCUT2D eigenvalue weighted by atomic mass is 9.94. The first-order chi connectivity index (χ1) is 19.5. The van der Waals surface area contributed by atoms with Crippen molar-refractivity contribution in [3.05, 3.63) is 88.5 Å². The van der Waals surface area contributed by atoms with Gasteiger partial charge in [-0.05, 0) is 48.1 Å². The van der Waals surface area contributed by atoms with Crippen LogP contribution < -0.4 is 4.74 Å². The number of aryl methyl sites for hydroxylation is 1. The Morgan fingerprint density at radius 2 is 1.93 bits per heavy atom. The Morgan fingerprint density at radius 3 is 2.67 bits per heavy atom. The van der Waals surface area contributed by atoms with Gasteiger partial charge in [-0.2, -0.15) is 10.5 Å². The van der Waals surface area contributed by atoms with Crippen molar-refractivity contribution in [3.63, 3.8) is 0 Å². The molecule has 1 aliphatic rings. The normalized spacial score (nSPS) is 15.4. The standard InChI is InChI=1S/C33H33N3O4/c1-24-13-16-32(40-19-7-3-6-17-34)30(22-36-18-20-39-23-31(36)33(37)38)27(24)15-14-26-11-8-12-28(29(26)21-35)25-9-4-2-5-10-25/h2,4-5,8-16,31H,3,6-7,18-20,22-23H2,1H3,(H,37,38). The molecular weight excluding hydrogens is 502 g/mol. The maximum atomic E-state index is 12.0.